The van der Waals surface area contributed by atoms with Gasteiger partial charge in [-0.3, -0.25) is 14.4 Å². The van der Waals surface area contributed by atoms with E-state index in [0.29, 0.717) is 32.6 Å². The fourth-order valence-corrected chi connectivity index (χ4v) is 8.78. The summed E-state index contributed by atoms with van der Waals surface area (Å²) in [5.74, 6) is -1.31. The standard InChI is InChI=1S/C30H41N3O4S/c1-6-16-31(20-21-12-9-8-10-13-21)26(35)23-22-14-15-30(38-22)24(23)27(36)32(18-11-19-34)25(30)28(37)33(17-7-2)29(3,4)5/h6-10,12-13,22-25,34H,1-2,11,14-20H2,3-5H3/t22-,23+,24-,25?,30?/m0/s1. The van der Waals surface area contributed by atoms with Crippen LogP contribution in [0.1, 0.15) is 45.6 Å². The normalized spacial score (nSPS) is 27.8. The zero-order valence-electron chi connectivity index (χ0n) is 22.8. The molecule has 2 unspecified atom stereocenters. The van der Waals surface area contributed by atoms with Crippen LogP contribution in [0.3, 0.4) is 0 Å². The Morgan fingerprint density at radius 2 is 1.84 bits per heavy atom. The molecule has 2 bridgehead atoms. The molecule has 3 heterocycles. The number of hydrogen-bond donors (Lipinski definition) is 1. The van der Waals surface area contributed by atoms with Crippen molar-refractivity contribution in [3.05, 3.63) is 61.2 Å². The zero-order valence-corrected chi connectivity index (χ0v) is 23.7. The first-order chi connectivity index (χ1) is 18.1. The third-order valence-corrected chi connectivity index (χ3v) is 10.1. The summed E-state index contributed by atoms with van der Waals surface area (Å²) in [4.78, 5) is 47.8. The van der Waals surface area contributed by atoms with E-state index in [0.717, 1.165) is 18.4 Å². The molecule has 1 spiro atoms. The third-order valence-electron chi connectivity index (χ3n) is 8.14. The number of fused-ring (bicyclic) bond motifs is 1. The van der Waals surface area contributed by atoms with Gasteiger partial charge < -0.3 is 19.8 Å². The molecule has 206 valence electrons. The monoisotopic (exact) mass is 539 g/mol. The molecule has 3 aliphatic rings. The van der Waals surface area contributed by atoms with Crippen molar-refractivity contribution in [2.45, 2.75) is 68.2 Å². The number of likely N-dealkylation sites (tertiary alicyclic amines) is 1. The largest absolute Gasteiger partial charge is 0.396 e. The van der Waals surface area contributed by atoms with E-state index in [9.17, 15) is 19.5 Å². The van der Waals surface area contributed by atoms with Gasteiger partial charge in [-0.15, -0.1) is 24.9 Å². The minimum atomic E-state index is -0.666. The number of aliphatic hydroxyl groups excluding tert-OH is 1. The Kier molecular flexibility index (Phi) is 8.43. The van der Waals surface area contributed by atoms with E-state index in [1.807, 2.05) is 51.1 Å². The molecule has 1 aromatic carbocycles. The molecular weight excluding hydrogens is 498 g/mol. The zero-order chi connectivity index (χ0) is 27.7. The van der Waals surface area contributed by atoms with Gasteiger partial charge in [0.25, 0.3) is 0 Å². The van der Waals surface area contributed by atoms with Gasteiger partial charge >= 0.3 is 0 Å². The van der Waals surface area contributed by atoms with E-state index in [-0.39, 0.29) is 29.6 Å². The van der Waals surface area contributed by atoms with Gasteiger partial charge in [0.05, 0.1) is 16.6 Å². The molecule has 3 amide bonds. The van der Waals surface area contributed by atoms with Crippen molar-refractivity contribution in [2.24, 2.45) is 11.8 Å². The fraction of sp³-hybridized carbons (Fsp3) is 0.567. The number of amides is 3. The summed E-state index contributed by atoms with van der Waals surface area (Å²) in [5, 5.41) is 9.58. The van der Waals surface area contributed by atoms with Crippen LogP contribution in [0.5, 0.6) is 0 Å². The van der Waals surface area contributed by atoms with Crippen molar-refractivity contribution >= 4 is 29.5 Å². The maximum atomic E-state index is 14.3. The lowest BCUT2D eigenvalue weighted by Crippen LogP contribution is -2.58. The molecule has 0 saturated carbocycles. The summed E-state index contributed by atoms with van der Waals surface area (Å²) in [5.41, 5.74) is 0.562. The van der Waals surface area contributed by atoms with Gasteiger partial charge in [-0.2, -0.15) is 0 Å². The van der Waals surface area contributed by atoms with Gasteiger partial charge in [-0.05, 0) is 45.6 Å². The molecule has 1 N–H and O–H groups in total. The first kappa shape index (κ1) is 28.4. The average Bonchev–Trinajstić information content (AvgIpc) is 3.52. The van der Waals surface area contributed by atoms with Crippen LogP contribution in [0.15, 0.2) is 55.6 Å². The van der Waals surface area contributed by atoms with Crippen molar-refractivity contribution in [3.63, 3.8) is 0 Å². The Balaban J connectivity index is 1.71. The van der Waals surface area contributed by atoms with Gasteiger partial charge in [0, 0.05) is 43.6 Å². The lowest BCUT2D eigenvalue weighted by molar-refractivity contribution is -0.146. The Morgan fingerprint density at radius 1 is 1.16 bits per heavy atom. The first-order valence-electron chi connectivity index (χ1n) is 13.6. The maximum absolute atomic E-state index is 14.3. The second-order valence-electron chi connectivity index (χ2n) is 11.6. The van der Waals surface area contributed by atoms with Crippen LogP contribution in [0.25, 0.3) is 0 Å². The second kappa shape index (κ2) is 11.3. The Bertz CT molecular complexity index is 1070. The van der Waals surface area contributed by atoms with Gasteiger partial charge in [0.2, 0.25) is 17.7 Å². The summed E-state index contributed by atoms with van der Waals surface area (Å²) in [6.45, 7) is 15.1. The molecule has 1 aromatic rings. The van der Waals surface area contributed by atoms with Crippen LogP contribution in [-0.2, 0) is 20.9 Å². The highest BCUT2D eigenvalue weighted by Gasteiger charge is 2.74. The van der Waals surface area contributed by atoms with E-state index in [1.54, 1.807) is 38.6 Å². The molecule has 4 rings (SSSR count). The van der Waals surface area contributed by atoms with Crippen LogP contribution in [-0.4, -0.2) is 85.3 Å². The van der Waals surface area contributed by atoms with E-state index in [1.165, 1.54) is 0 Å². The number of rotatable bonds is 11. The maximum Gasteiger partial charge on any atom is 0.247 e. The second-order valence-corrected chi connectivity index (χ2v) is 13.2. The minimum Gasteiger partial charge on any atom is -0.396 e. The molecule has 8 heteroatoms. The number of benzene rings is 1. The number of nitrogens with zero attached hydrogens (tertiary/aromatic N) is 3. The number of carbonyl (C=O) groups excluding carboxylic acids is 3. The van der Waals surface area contributed by atoms with Crippen molar-refractivity contribution in [3.8, 4) is 0 Å². The minimum absolute atomic E-state index is 0.00248. The van der Waals surface area contributed by atoms with Crippen molar-refractivity contribution in [1.82, 2.24) is 14.7 Å². The third kappa shape index (κ3) is 4.93. The highest BCUT2D eigenvalue weighted by molar-refractivity contribution is 8.02. The molecule has 3 aliphatic heterocycles. The van der Waals surface area contributed by atoms with E-state index >= 15 is 0 Å². The van der Waals surface area contributed by atoms with Gasteiger partial charge in [0.15, 0.2) is 0 Å². The molecule has 0 radical (unpaired) electrons. The van der Waals surface area contributed by atoms with Gasteiger partial charge in [-0.25, -0.2) is 0 Å². The molecule has 38 heavy (non-hydrogen) atoms. The fourth-order valence-electron chi connectivity index (χ4n) is 6.57. The average molecular weight is 540 g/mol. The number of aliphatic hydroxyl groups is 1. The lowest BCUT2D eigenvalue weighted by Gasteiger charge is -2.42. The van der Waals surface area contributed by atoms with Crippen molar-refractivity contribution in [1.29, 1.82) is 0 Å². The van der Waals surface area contributed by atoms with Crippen LogP contribution in [0.2, 0.25) is 0 Å². The Hall–Kier alpha value is -2.58. The van der Waals surface area contributed by atoms with E-state index in [2.05, 4.69) is 13.2 Å². The van der Waals surface area contributed by atoms with E-state index in [4.69, 9.17) is 0 Å². The molecule has 0 aliphatic carbocycles. The van der Waals surface area contributed by atoms with Crippen LogP contribution in [0, 0.1) is 11.8 Å². The van der Waals surface area contributed by atoms with Crippen LogP contribution >= 0.6 is 11.8 Å². The van der Waals surface area contributed by atoms with Crippen molar-refractivity contribution in [2.75, 3.05) is 26.2 Å². The number of thioether (sulfide) groups is 1. The quantitative estimate of drug-likeness (QED) is 0.436. The molecule has 3 fully saturated rings. The van der Waals surface area contributed by atoms with Gasteiger partial charge in [0.1, 0.15) is 6.04 Å². The predicted molar refractivity (Wildman–Crippen MR) is 151 cm³/mol. The Labute approximate surface area is 230 Å². The SMILES string of the molecule is C=CCN(Cc1ccccc1)C(=O)[C@@H]1[C@@H]2CCC3(S2)C(C(=O)N(CC=C)C(C)(C)C)N(CCCO)C(=O)[C@H]13. The summed E-state index contributed by atoms with van der Waals surface area (Å²) in [6, 6.07) is 9.17. The summed E-state index contributed by atoms with van der Waals surface area (Å²) < 4.78 is -0.647. The lowest BCUT2D eigenvalue weighted by atomic mass is 9.70. The van der Waals surface area contributed by atoms with Crippen molar-refractivity contribution < 1.29 is 19.5 Å². The number of hydrogen-bond acceptors (Lipinski definition) is 5. The predicted octanol–water partition coefficient (Wildman–Crippen LogP) is 3.49. The first-order valence-corrected chi connectivity index (χ1v) is 14.4. The van der Waals surface area contributed by atoms with Crippen LogP contribution < -0.4 is 0 Å². The van der Waals surface area contributed by atoms with Crippen LogP contribution in [0.4, 0.5) is 0 Å². The molecular formula is C30H41N3O4S. The highest BCUT2D eigenvalue weighted by Crippen LogP contribution is 2.66. The highest BCUT2D eigenvalue weighted by atomic mass is 32.2. The van der Waals surface area contributed by atoms with Gasteiger partial charge in [-0.1, -0.05) is 42.5 Å². The van der Waals surface area contributed by atoms with E-state index < -0.39 is 28.2 Å². The summed E-state index contributed by atoms with van der Waals surface area (Å²) >= 11 is 1.68. The molecule has 0 aromatic heterocycles. The summed E-state index contributed by atoms with van der Waals surface area (Å²) in [7, 11) is 0. The number of carbonyl (C=O) groups is 3. The summed E-state index contributed by atoms with van der Waals surface area (Å²) in [6.07, 6.45) is 5.35. The molecule has 7 nitrogen and oxygen atoms in total. The molecule has 5 atom stereocenters. The topological polar surface area (TPSA) is 81.2 Å². The molecule has 3 saturated heterocycles. The Morgan fingerprint density at radius 3 is 2.45 bits per heavy atom. The smallest absolute Gasteiger partial charge is 0.247 e.